The summed E-state index contributed by atoms with van der Waals surface area (Å²) in [7, 11) is 0. The van der Waals surface area contributed by atoms with Crippen LogP contribution in [0.4, 0.5) is 0 Å². The maximum absolute atomic E-state index is 13.8. The maximum atomic E-state index is 13.8. The number of H-pyrrole nitrogens is 1. The molecule has 5 rings (SSSR count). The van der Waals surface area contributed by atoms with Crippen LogP contribution in [0.5, 0.6) is 0 Å². The standard InChI is InChI=1S/C30H27N3O5/c1-2-38-30(37)25(17-20-18-31-24-15-9-8-12-21(20)24)32-27(34)26(16-19-10-4-3-5-11-19)33-28(35)22-13-6-7-14-23(22)29(33)36/h3-15,18,25-26,31H,2,16-17H2,1H3,(H,32,34)/t25-,26+/m1/s1. The van der Waals surface area contributed by atoms with Gasteiger partial charge in [0.25, 0.3) is 11.8 Å². The summed E-state index contributed by atoms with van der Waals surface area (Å²) in [6.07, 6.45) is 2.07. The lowest BCUT2D eigenvalue weighted by molar-refractivity contribution is -0.147. The van der Waals surface area contributed by atoms with Crippen LogP contribution in [0.15, 0.2) is 85.1 Å². The van der Waals surface area contributed by atoms with Crippen LogP contribution >= 0.6 is 0 Å². The molecule has 0 aliphatic carbocycles. The number of benzene rings is 3. The van der Waals surface area contributed by atoms with Crippen LogP contribution in [0.3, 0.4) is 0 Å². The number of rotatable bonds is 9. The molecule has 8 nitrogen and oxygen atoms in total. The number of nitrogens with zero attached hydrogens (tertiary/aromatic N) is 1. The molecule has 2 heterocycles. The molecule has 38 heavy (non-hydrogen) atoms. The number of hydrogen-bond acceptors (Lipinski definition) is 5. The van der Waals surface area contributed by atoms with Crippen molar-refractivity contribution in [3.05, 3.63) is 107 Å². The number of carbonyl (C=O) groups is 4. The van der Waals surface area contributed by atoms with Gasteiger partial charge in [-0.25, -0.2) is 4.79 Å². The Morgan fingerprint density at radius 1 is 0.868 bits per heavy atom. The summed E-state index contributed by atoms with van der Waals surface area (Å²) >= 11 is 0. The number of fused-ring (bicyclic) bond motifs is 2. The van der Waals surface area contributed by atoms with Crippen molar-refractivity contribution in [3.8, 4) is 0 Å². The summed E-state index contributed by atoms with van der Waals surface area (Å²) in [6, 6.07) is 21.1. The van der Waals surface area contributed by atoms with Crippen LogP contribution in [0.1, 0.15) is 38.8 Å². The van der Waals surface area contributed by atoms with Gasteiger partial charge in [-0.2, -0.15) is 0 Å². The minimum atomic E-state index is -1.16. The summed E-state index contributed by atoms with van der Waals surface area (Å²) in [6.45, 7) is 1.84. The van der Waals surface area contributed by atoms with Crippen molar-refractivity contribution in [2.45, 2.75) is 31.8 Å². The third kappa shape index (κ3) is 4.80. The molecule has 2 atom stereocenters. The van der Waals surface area contributed by atoms with E-state index in [1.54, 1.807) is 37.4 Å². The molecule has 3 amide bonds. The molecule has 192 valence electrons. The summed E-state index contributed by atoms with van der Waals surface area (Å²) in [5.41, 5.74) is 3.02. The van der Waals surface area contributed by atoms with E-state index in [4.69, 9.17) is 4.74 Å². The second-order valence-electron chi connectivity index (χ2n) is 9.11. The van der Waals surface area contributed by atoms with Gasteiger partial charge in [-0.05, 0) is 36.2 Å². The highest BCUT2D eigenvalue weighted by Crippen LogP contribution is 2.26. The number of ether oxygens (including phenoxy) is 1. The van der Waals surface area contributed by atoms with E-state index in [0.717, 1.165) is 26.9 Å². The second-order valence-corrected chi connectivity index (χ2v) is 9.11. The number of aromatic amines is 1. The Morgan fingerprint density at radius 2 is 1.50 bits per heavy atom. The molecule has 1 aliphatic rings. The largest absolute Gasteiger partial charge is 0.464 e. The van der Waals surface area contributed by atoms with Gasteiger partial charge in [0, 0.05) is 29.9 Å². The van der Waals surface area contributed by atoms with Gasteiger partial charge in [0.2, 0.25) is 5.91 Å². The van der Waals surface area contributed by atoms with Gasteiger partial charge < -0.3 is 15.0 Å². The number of hydrogen-bond donors (Lipinski definition) is 2. The smallest absolute Gasteiger partial charge is 0.328 e. The van der Waals surface area contributed by atoms with Crippen LogP contribution < -0.4 is 5.32 Å². The number of esters is 1. The number of aromatic nitrogens is 1. The first-order chi connectivity index (χ1) is 18.5. The number of amides is 3. The first kappa shape index (κ1) is 25.0. The zero-order chi connectivity index (χ0) is 26.6. The van der Waals surface area contributed by atoms with Gasteiger partial charge in [-0.1, -0.05) is 60.7 Å². The number of nitrogens with one attached hydrogen (secondary N) is 2. The molecular weight excluding hydrogens is 482 g/mol. The fourth-order valence-corrected chi connectivity index (χ4v) is 4.85. The van der Waals surface area contributed by atoms with Crippen molar-refractivity contribution in [2.24, 2.45) is 0 Å². The predicted octanol–water partition coefficient (Wildman–Crippen LogP) is 3.67. The van der Waals surface area contributed by atoms with Crippen LogP contribution in [0.25, 0.3) is 10.9 Å². The highest BCUT2D eigenvalue weighted by atomic mass is 16.5. The molecule has 0 spiro atoms. The van der Waals surface area contributed by atoms with E-state index in [0.29, 0.717) is 0 Å². The summed E-state index contributed by atoms with van der Waals surface area (Å²) in [5, 5.41) is 3.72. The fraction of sp³-hybridized carbons (Fsp3) is 0.200. The fourth-order valence-electron chi connectivity index (χ4n) is 4.85. The number of carbonyl (C=O) groups excluding carboxylic acids is 4. The van der Waals surface area contributed by atoms with Crippen LogP contribution in [0, 0.1) is 0 Å². The van der Waals surface area contributed by atoms with Crippen molar-refractivity contribution >= 4 is 34.6 Å². The molecule has 0 saturated heterocycles. The topological polar surface area (TPSA) is 109 Å². The van der Waals surface area contributed by atoms with E-state index in [2.05, 4.69) is 10.3 Å². The molecule has 4 aromatic rings. The van der Waals surface area contributed by atoms with Crippen LogP contribution in [0.2, 0.25) is 0 Å². The van der Waals surface area contributed by atoms with Gasteiger partial charge in [0.15, 0.2) is 0 Å². The van der Waals surface area contributed by atoms with E-state index in [1.165, 1.54) is 0 Å². The zero-order valence-corrected chi connectivity index (χ0v) is 20.8. The van der Waals surface area contributed by atoms with Crippen LogP contribution in [-0.2, 0) is 27.2 Å². The minimum Gasteiger partial charge on any atom is -0.464 e. The molecule has 0 unspecified atom stereocenters. The molecule has 0 radical (unpaired) electrons. The molecule has 1 aromatic heterocycles. The van der Waals surface area contributed by atoms with Crippen molar-refractivity contribution in [1.29, 1.82) is 0 Å². The van der Waals surface area contributed by atoms with E-state index < -0.39 is 35.8 Å². The second kappa shape index (κ2) is 10.7. The Bertz CT molecular complexity index is 1480. The molecule has 8 heteroatoms. The zero-order valence-electron chi connectivity index (χ0n) is 20.8. The molecule has 0 bridgehead atoms. The summed E-state index contributed by atoms with van der Waals surface area (Å²) in [5.74, 6) is -2.27. The van der Waals surface area contributed by atoms with Crippen molar-refractivity contribution in [1.82, 2.24) is 15.2 Å². The van der Waals surface area contributed by atoms with Gasteiger partial charge in [-0.3, -0.25) is 19.3 Å². The molecule has 0 fully saturated rings. The van der Waals surface area contributed by atoms with E-state index in [-0.39, 0.29) is 30.6 Å². The highest BCUT2D eigenvalue weighted by Gasteiger charge is 2.43. The lowest BCUT2D eigenvalue weighted by Crippen LogP contribution is -2.55. The lowest BCUT2D eigenvalue weighted by Gasteiger charge is -2.27. The van der Waals surface area contributed by atoms with Crippen molar-refractivity contribution < 1.29 is 23.9 Å². The Morgan fingerprint density at radius 3 is 2.18 bits per heavy atom. The maximum Gasteiger partial charge on any atom is 0.328 e. The van der Waals surface area contributed by atoms with Crippen LogP contribution in [-0.4, -0.2) is 52.3 Å². The highest BCUT2D eigenvalue weighted by molar-refractivity contribution is 6.23. The molecule has 2 N–H and O–H groups in total. The normalized spacial score (nSPS) is 14.3. The Kier molecular flexibility index (Phi) is 7.04. The monoisotopic (exact) mass is 509 g/mol. The van der Waals surface area contributed by atoms with Gasteiger partial charge in [0.1, 0.15) is 12.1 Å². The van der Waals surface area contributed by atoms with Crippen molar-refractivity contribution in [3.63, 3.8) is 0 Å². The van der Waals surface area contributed by atoms with E-state index in [1.807, 2.05) is 54.6 Å². The Labute approximate surface area is 219 Å². The average molecular weight is 510 g/mol. The Hall–Kier alpha value is -4.72. The minimum absolute atomic E-state index is 0.0980. The lowest BCUT2D eigenvalue weighted by atomic mass is 10.0. The van der Waals surface area contributed by atoms with Gasteiger partial charge in [0.05, 0.1) is 17.7 Å². The first-order valence-electron chi connectivity index (χ1n) is 12.5. The number of para-hydroxylation sites is 1. The SMILES string of the molecule is CCOC(=O)[C@@H](Cc1c[nH]c2ccccc12)NC(=O)[C@H](Cc1ccccc1)N1C(=O)c2ccccc2C1=O. The summed E-state index contributed by atoms with van der Waals surface area (Å²) in [4.78, 5) is 57.5. The van der Waals surface area contributed by atoms with E-state index in [9.17, 15) is 19.2 Å². The molecule has 3 aromatic carbocycles. The Balaban J connectivity index is 1.46. The molecular formula is C30H27N3O5. The predicted molar refractivity (Wildman–Crippen MR) is 141 cm³/mol. The van der Waals surface area contributed by atoms with E-state index >= 15 is 0 Å². The van der Waals surface area contributed by atoms with Crippen molar-refractivity contribution in [2.75, 3.05) is 6.61 Å². The third-order valence-electron chi connectivity index (χ3n) is 6.70. The molecule has 1 aliphatic heterocycles. The van der Waals surface area contributed by atoms with Gasteiger partial charge in [-0.15, -0.1) is 0 Å². The third-order valence-corrected chi connectivity index (χ3v) is 6.70. The molecule has 0 saturated carbocycles. The first-order valence-corrected chi connectivity index (χ1v) is 12.5. The average Bonchev–Trinajstić information content (AvgIpc) is 3.46. The quantitative estimate of drug-likeness (QED) is 0.264. The number of imide groups is 1. The van der Waals surface area contributed by atoms with Gasteiger partial charge >= 0.3 is 5.97 Å². The summed E-state index contributed by atoms with van der Waals surface area (Å²) < 4.78 is 5.27.